The highest BCUT2D eigenvalue weighted by molar-refractivity contribution is 9.10. The zero-order chi connectivity index (χ0) is 20.1. The first kappa shape index (κ1) is 20.1. The zero-order valence-electron chi connectivity index (χ0n) is 15.8. The molecule has 0 aliphatic rings. The minimum Gasteiger partial charge on any atom is -0.493 e. The molecular weight excluding hydrogens is 422 g/mol. The number of para-hydroxylation sites is 2. The highest BCUT2D eigenvalue weighted by atomic mass is 79.9. The van der Waals surface area contributed by atoms with Crippen LogP contribution in [-0.2, 0) is 11.3 Å². The van der Waals surface area contributed by atoms with Gasteiger partial charge in [0.25, 0.3) is 0 Å². The molecule has 1 heterocycles. The molecule has 7 heteroatoms. The van der Waals surface area contributed by atoms with Gasteiger partial charge in [0.2, 0.25) is 5.88 Å². The Balaban J connectivity index is 1.78. The first-order valence-electron chi connectivity index (χ1n) is 9.09. The fraction of sp³-hybridized carbons (Fsp3) is 0.286. The first-order valence-corrected chi connectivity index (χ1v) is 9.88. The van der Waals surface area contributed by atoms with Crippen LogP contribution in [0.4, 0.5) is 5.69 Å². The minimum atomic E-state index is -0.533. The SMILES string of the molecule is CC(C)CCn1c(O)c(N=NC(=O)COc2ccccc2Br)c2ccccc21. The third-order valence-corrected chi connectivity index (χ3v) is 4.95. The zero-order valence-corrected chi connectivity index (χ0v) is 17.4. The molecule has 28 heavy (non-hydrogen) atoms. The van der Waals surface area contributed by atoms with Gasteiger partial charge in [-0.2, -0.15) is 0 Å². The van der Waals surface area contributed by atoms with Crippen LogP contribution in [0.3, 0.4) is 0 Å². The van der Waals surface area contributed by atoms with E-state index >= 15 is 0 Å². The molecule has 0 saturated heterocycles. The van der Waals surface area contributed by atoms with Crippen molar-refractivity contribution in [2.45, 2.75) is 26.8 Å². The van der Waals surface area contributed by atoms with Gasteiger partial charge in [-0.1, -0.05) is 44.2 Å². The number of hydrogen-bond acceptors (Lipinski definition) is 4. The molecule has 1 aromatic heterocycles. The number of aromatic nitrogens is 1. The maximum Gasteiger partial charge on any atom is 0.302 e. The number of fused-ring (bicyclic) bond motifs is 1. The van der Waals surface area contributed by atoms with Crippen molar-refractivity contribution in [3.05, 3.63) is 53.0 Å². The van der Waals surface area contributed by atoms with Crippen LogP contribution < -0.4 is 4.74 Å². The lowest BCUT2D eigenvalue weighted by Gasteiger charge is -2.08. The summed E-state index contributed by atoms with van der Waals surface area (Å²) < 4.78 is 8.02. The number of azo groups is 1. The molecular formula is C21H22BrN3O3. The largest absolute Gasteiger partial charge is 0.493 e. The third-order valence-electron chi connectivity index (χ3n) is 4.30. The Labute approximate surface area is 172 Å². The lowest BCUT2D eigenvalue weighted by Crippen LogP contribution is -2.08. The third kappa shape index (κ3) is 4.59. The molecule has 0 bridgehead atoms. The molecule has 0 radical (unpaired) electrons. The predicted molar refractivity (Wildman–Crippen MR) is 112 cm³/mol. The number of halogens is 1. The van der Waals surface area contributed by atoms with E-state index in [2.05, 4.69) is 40.0 Å². The van der Waals surface area contributed by atoms with Gasteiger partial charge < -0.3 is 14.4 Å². The van der Waals surface area contributed by atoms with Crippen molar-refractivity contribution in [3.8, 4) is 11.6 Å². The number of carbonyl (C=O) groups is 1. The van der Waals surface area contributed by atoms with Crippen LogP contribution in [-0.4, -0.2) is 22.2 Å². The molecule has 0 spiro atoms. The number of aromatic hydroxyl groups is 1. The van der Waals surface area contributed by atoms with E-state index in [4.69, 9.17) is 4.74 Å². The molecule has 0 unspecified atom stereocenters. The van der Waals surface area contributed by atoms with Crippen LogP contribution >= 0.6 is 15.9 Å². The Bertz CT molecular complexity index is 1010. The van der Waals surface area contributed by atoms with Gasteiger partial charge in [0, 0.05) is 11.9 Å². The highest BCUT2D eigenvalue weighted by Gasteiger charge is 2.17. The second kappa shape index (κ2) is 9.01. The molecule has 1 N–H and O–H groups in total. The van der Waals surface area contributed by atoms with E-state index in [0.717, 1.165) is 21.8 Å². The molecule has 1 amide bonds. The van der Waals surface area contributed by atoms with Crippen LogP contribution in [0.25, 0.3) is 10.9 Å². The summed E-state index contributed by atoms with van der Waals surface area (Å²) in [5, 5.41) is 19.2. The Morgan fingerprint density at radius 1 is 1.18 bits per heavy atom. The van der Waals surface area contributed by atoms with Crippen molar-refractivity contribution in [2.75, 3.05) is 6.61 Å². The summed E-state index contributed by atoms with van der Waals surface area (Å²) in [4.78, 5) is 12.1. The number of aryl methyl sites for hydroxylation is 1. The lowest BCUT2D eigenvalue weighted by atomic mass is 10.1. The Kier molecular flexibility index (Phi) is 6.46. The number of benzene rings is 2. The number of ether oxygens (including phenoxy) is 1. The fourth-order valence-corrected chi connectivity index (χ4v) is 3.22. The van der Waals surface area contributed by atoms with Crippen molar-refractivity contribution in [2.24, 2.45) is 16.1 Å². The number of hydrogen-bond donors (Lipinski definition) is 1. The number of amides is 1. The van der Waals surface area contributed by atoms with E-state index in [1.165, 1.54) is 0 Å². The maximum atomic E-state index is 12.1. The van der Waals surface area contributed by atoms with Gasteiger partial charge in [0.1, 0.15) is 5.75 Å². The van der Waals surface area contributed by atoms with Gasteiger partial charge in [-0.05, 0) is 46.5 Å². The normalized spacial score (nSPS) is 11.6. The number of nitrogens with zero attached hydrogens (tertiary/aromatic N) is 3. The fourth-order valence-electron chi connectivity index (χ4n) is 2.82. The molecule has 6 nitrogen and oxygen atoms in total. The van der Waals surface area contributed by atoms with Gasteiger partial charge >= 0.3 is 5.91 Å². The van der Waals surface area contributed by atoms with Gasteiger partial charge in [-0.3, -0.25) is 4.79 Å². The smallest absolute Gasteiger partial charge is 0.302 e. The van der Waals surface area contributed by atoms with Gasteiger partial charge in [0.15, 0.2) is 12.3 Å². The summed E-state index contributed by atoms with van der Waals surface area (Å²) >= 11 is 3.36. The summed E-state index contributed by atoms with van der Waals surface area (Å²) in [6, 6.07) is 14.8. The molecule has 0 aliphatic carbocycles. The number of carbonyl (C=O) groups excluding carboxylic acids is 1. The summed E-state index contributed by atoms with van der Waals surface area (Å²) in [7, 11) is 0. The minimum absolute atomic E-state index is 0.0186. The molecule has 3 rings (SSSR count). The van der Waals surface area contributed by atoms with E-state index < -0.39 is 5.91 Å². The quantitative estimate of drug-likeness (QED) is 0.465. The molecule has 0 atom stereocenters. The molecule has 146 valence electrons. The number of rotatable bonds is 7. The summed E-state index contributed by atoms with van der Waals surface area (Å²) in [5.74, 6) is 0.542. The van der Waals surface area contributed by atoms with Crippen LogP contribution in [0, 0.1) is 5.92 Å². The first-order chi connectivity index (χ1) is 13.5. The van der Waals surface area contributed by atoms with Crippen LogP contribution in [0.2, 0.25) is 0 Å². The van der Waals surface area contributed by atoms with Crippen LogP contribution in [0.5, 0.6) is 11.6 Å². The predicted octanol–water partition coefficient (Wildman–Crippen LogP) is 5.84. The molecule has 2 aromatic carbocycles. The maximum absolute atomic E-state index is 12.1. The van der Waals surface area contributed by atoms with Gasteiger partial charge in [-0.25, -0.2) is 0 Å². The van der Waals surface area contributed by atoms with Crippen molar-refractivity contribution in [1.82, 2.24) is 4.57 Å². The van der Waals surface area contributed by atoms with E-state index in [1.807, 2.05) is 47.0 Å². The van der Waals surface area contributed by atoms with Gasteiger partial charge in [-0.15, -0.1) is 10.2 Å². The van der Waals surface area contributed by atoms with Crippen molar-refractivity contribution in [3.63, 3.8) is 0 Å². The summed E-state index contributed by atoms with van der Waals surface area (Å²) in [6.45, 7) is 4.69. The average Bonchev–Trinajstić information content (AvgIpc) is 2.95. The Hall–Kier alpha value is -2.67. The van der Waals surface area contributed by atoms with Crippen LogP contribution in [0.15, 0.2) is 63.2 Å². The average molecular weight is 444 g/mol. The van der Waals surface area contributed by atoms with Crippen LogP contribution in [0.1, 0.15) is 20.3 Å². The van der Waals surface area contributed by atoms with E-state index in [9.17, 15) is 9.90 Å². The lowest BCUT2D eigenvalue weighted by molar-refractivity contribution is -0.120. The Morgan fingerprint density at radius 2 is 1.89 bits per heavy atom. The topological polar surface area (TPSA) is 76.2 Å². The standard InChI is InChI=1S/C21H22BrN3O3/c1-14(2)11-12-25-17-9-5-3-7-15(17)20(21(25)27)24-23-19(26)13-28-18-10-6-4-8-16(18)22/h3-10,14,27H,11-13H2,1-2H3. The molecule has 3 aromatic rings. The van der Waals surface area contributed by atoms with E-state index in [1.54, 1.807) is 6.07 Å². The molecule has 0 fully saturated rings. The second-order valence-electron chi connectivity index (χ2n) is 6.84. The second-order valence-corrected chi connectivity index (χ2v) is 7.69. The monoisotopic (exact) mass is 443 g/mol. The summed E-state index contributed by atoms with van der Waals surface area (Å²) in [5.41, 5.74) is 1.17. The van der Waals surface area contributed by atoms with Crippen molar-refractivity contribution >= 4 is 38.4 Å². The Morgan fingerprint density at radius 3 is 2.64 bits per heavy atom. The summed E-state index contributed by atoms with van der Waals surface area (Å²) in [6.07, 6.45) is 0.918. The molecule has 0 aliphatic heterocycles. The molecule has 0 saturated carbocycles. The van der Waals surface area contributed by atoms with E-state index in [-0.39, 0.29) is 12.5 Å². The van der Waals surface area contributed by atoms with Gasteiger partial charge in [0.05, 0.1) is 9.99 Å². The van der Waals surface area contributed by atoms with Crippen molar-refractivity contribution < 1.29 is 14.6 Å². The van der Waals surface area contributed by atoms with Crippen molar-refractivity contribution in [1.29, 1.82) is 0 Å². The highest BCUT2D eigenvalue weighted by Crippen LogP contribution is 2.39. The van der Waals surface area contributed by atoms with E-state index in [0.29, 0.717) is 23.9 Å².